The van der Waals surface area contributed by atoms with E-state index in [2.05, 4.69) is 14.5 Å². The fourth-order valence-electron chi connectivity index (χ4n) is 3.07. The summed E-state index contributed by atoms with van der Waals surface area (Å²) >= 11 is 0. The second-order valence-corrected chi connectivity index (χ2v) is 5.96. The Balaban J connectivity index is 1.61. The van der Waals surface area contributed by atoms with E-state index in [0.29, 0.717) is 19.0 Å². The van der Waals surface area contributed by atoms with Crippen molar-refractivity contribution in [2.45, 2.75) is 13.1 Å². The van der Waals surface area contributed by atoms with E-state index in [1.807, 2.05) is 42.4 Å². The van der Waals surface area contributed by atoms with Gasteiger partial charge in [0.05, 0.1) is 17.8 Å². The molecule has 0 bridgehead atoms. The molecule has 0 radical (unpaired) electrons. The van der Waals surface area contributed by atoms with Gasteiger partial charge in [-0.2, -0.15) is 0 Å². The molecule has 0 unspecified atom stereocenters. The minimum absolute atomic E-state index is 0.200. The molecule has 1 aromatic carbocycles. The van der Waals surface area contributed by atoms with Crippen molar-refractivity contribution < 1.29 is 9.53 Å². The fraction of sp³-hybridized carbons (Fsp3) is 0.235. The van der Waals surface area contributed by atoms with Crippen molar-refractivity contribution in [1.82, 2.24) is 19.4 Å². The zero-order valence-electron chi connectivity index (χ0n) is 13.3. The number of rotatable bonds is 4. The molecule has 0 fully saturated rings. The Morgan fingerprint density at radius 2 is 2.17 bits per heavy atom. The van der Waals surface area contributed by atoms with Gasteiger partial charge in [-0.15, -0.1) is 0 Å². The van der Waals surface area contributed by atoms with Crippen LogP contribution in [0.15, 0.2) is 36.8 Å². The van der Waals surface area contributed by atoms with Gasteiger partial charge in [0.25, 0.3) is 0 Å². The van der Waals surface area contributed by atoms with E-state index in [0.717, 1.165) is 27.9 Å². The van der Waals surface area contributed by atoms with E-state index >= 15 is 0 Å². The Bertz CT molecular complexity index is 934. The van der Waals surface area contributed by atoms with Gasteiger partial charge in [-0.3, -0.25) is 9.69 Å². The number of primary amides is 1. The summed E-state index contributed by atoms with van der Waals surface area (Å²) in [5, 5.41) is 1.11. The maximum absolute atomic E-state index is 11.1. The molecular weight excluding hydrogens is 306 g/mol. The molecular formula is C17H17N5O2. The minimum Gasteiger partial charge on any atom is -0.439 e. The van der Waals surface area contributed by atoms with Crippen molar-refractivity contribution in [3.8, 4) is 11.6 Å². The highest BCUT2D eigenvalue weighted by atomic mass is 16.5. The van der Waals surface area contributed by atoms with E-state index in [1.165, 1.54) is 6.33 Å². The average Bonchev–Trinajstić information content (AvgIpc) is 3.11. The number of nitrogens with two attached hydrogens (primary N) is 1. The van der Waals surface area contributed by atoms with Gasteiger partial charge in [-0.05, 0) is 24.3 Å². The van der Waals surface area contributed by atoms with Gasteiger partial charge in [-0.1, -0.05) is 0 Å². The van der Waals surface area contributed by atoms with Gasteiger partial charge in [0.2, 0.25) is 11.8 Å². The number of aryl methyl sites for hydroxylation is 1. The molecule has 4 rings (SSSR count). The standard InChI is InChI=1S/C17H17N5O2/c1-21-5-4-11-6-12(2-3-15(11)21)24-17-13-7-22(9-16(18)23)8-14(13)19-10-20-17/h2-6,10H,7-9H2,1H3,(H2,18,23). The normalized spacial score (nSPS) is 14.0. The number of amides is 1. The van der Waals surface area contributed by atoms with Crippen LogP contribution in [-0.2, 0) is 24.9 Å². The van der Waals surface area contributed by atoms with Gasteiger partial charge in [-0.25, -0.2) is 9.97 Å². The Labute approximate surface area is 138 Å². The lowest BCUT2D eigenvalue weighted by Crippen LogP contribution is -2.29. The first-order chi connectivity index (χ1) is 11.6. The summed E-state index contributed by atoms with van der Waals surface area (Å²) in [4.78, 5) is 21.6. The third kappa shape index (κ3) is 2.59. The smallest absolute Gasteiger partial charge is 0.231 e. The number of fused-ring (bicyclic) bond motifs is 2. The molecule has 122 valence electrons. The van der Waals surface area contributed by atoms with E-state index < -0.39 is 0 Å². The molecule has 2 aromatic heterocycles. The minimum atomic E-state index is -0.354. The lowest BCUT2D eigenvalue weighted by molar-refractivity contribution is -0.119. The first-order valence-electron chi connectivity index (χ1n) is 7.66. The number of hydrogen-bond acceptors (Lipinski definition) is 5. The molecule has 7 heteroatoms. The number of aromatic nitrogens is 3. The number of ether oxygens (including phenoxy) is 1. The molecule has 1 aliphatic heterocycles. The number of carbonyl (C=O) groups excluding carboxylic acids is 1. The summed E-state index contributed by atoms with van der Waals surface area (Å²) in [6.45, 7) is 1.34. The lowest BCUT2D eigenvalue weighted by atomic mass is 10.2. The number of carbonyl (C=O) groups is 1. The number of nitrogens with zero attached hydrogens (tertiary/aromatic N) is 4. The molecule has 7 nitrogen and oxygen atoms in total. The SMILES string of the molecule is Cn1ccc2cc(Oc3ncnc4c3CN(CC(N)=O)C4)ccc21. The molecule has 0 saturated heterocycles. The van der Waals surface area contributed by atoms with Gasteiger partial charge in [0.15, 0.2) is 0 Å². The van der Waals surface area contributed by atoms with Crippen LogP contribution >= 0.6 is 0 Å². The Hall–Kier alpha value is -2.93. The highest BCUT2D eigenvalue weighted by Crippen LogP contribution is 2.31. The molecule has 1 amide bonds. The second kappa shape index (κ2) is 5.61. The van der Waals surface area contributed by atoms with Crippen LogP contribution < -0.4 is 10.5 Å². The van der Waals surface area contributed by atoms with Crippen LogP contribution in [0.4, 0.5) is 0 Å². The highest BCUT2D eigenvalue weighted by Gasteiger charge is 2.25. The van der Waals surface area contributed by atoms with Crippen molar-refractivity contribution in [1.29, 1.82) is 0 Å². The maximum Gasteiger partial charge on any atom is 0.231 e. The third-order valence-electron chi connectivity index (χ3n) is 4.20. The average molecular weight is 323 g/mol. The molecule has 24 heavy (non-hydrogen) atoms. The van der Waals surface area contributed by atoms with Crippen LogP contribution in [0.2, 0.25) is 0 Å². The summed E-state index contributed by atoms with van der Waals surface area (Å²) in [5.74, 6) is 0.901. The maximum atomic E-state index is 11.1. The highest BCUT2D eigenvalue weighted by molar-refractivity contribution is 5.81. The Morgan fingerprint density at radius 3 is 3.00 bits per heavy atom. The van der Waals surface area contributed by atoms with Crippen molar-refractivity contribution in [2.75, 3.05) is 6.54 Å². The molecule has 0 spiro atoms. The van der Waals surface area contributed by atoms with Crippen LogP contribution in [0.5, 0.6) is 11.6 Å². The van der Waals surface area contributed by atoms with Crippen molar-refractivity contribution in [2.24, 2.45) is 12.8 Å². The Kier molecular flexibility index (Phi) is 3.42. The van der Waals surface area contributed by atoms with Crippen LogP contribution in [-0.4, -0.2) is 31.9 Å². The van der Waals surface area contributed by atoms with Crippen LogP contribution in [0.3, 0.4) is 0 Å². The van der Waals surface area contributed by atoms with Crippen molar-refractivity contribution in [3.63, 3.8) is 0 Å². The zero-order valence-corrected chi connectivity index (χ0v) is 13.3. The molecule has 1 aliphatic rings. The largest absolute Gasteiger partial charge is 0.439 e. The molecule has 3 heterocycles. The molecule has 3 aromatic rings. The number of benzene rings is 1. The predicted molar refractivity (Wildman–Crippen MR) is 88.3 cm³/mol. The van der Waals surface area contributed by atoms with Crippen LogP contribution in [0.25, 0.3) is 10.9 Å². The second-order valence-electron chi connectivity index (χ2n) is 5.96. The molecule has 2 N–H and O–H groups in total. The van der Waals surface area contributed by atoms with E-state index in [9.17, 15) is 4.79 Å². The van der Waals surface area contributed by atoms with Gasteiger partial charge in [0.1, 0.15) is 12.1 Å². The predicted octanol–water partition coefficient (Wildman–Crippen LogP) is 1.56. The quantitative estimate of drug-likeness (QED) is 0.787. The van der Waals surface area contributed by atoms with Crippen molar-refractivity contribution >= 4 is 16.8 Å². The third-order valence-corrected chi connectivity index (χ3v) is 4.20. The van der Waals surface area contributed by atoms with E-state index in [4.69, 9.17) is 10.5 Å². The summed E-state index contributed by atoms with van der Waals surface area (Å²) in [5.41, 5.74) is 8.20. The number of hydrogen-bond donors (Lipinski definition) is 1. The van der Waals surface area contributed by atoms with Crippen LogP contribution in [0, 0.1) is 0 Å². The van der Waals surface area contributed by atoms with Crippen molar-refractivity contribution in [3.05, 3.63) is 48.0 Å². The lowest BCUT2D eigenvalue weighted by Gasteiger charge is -2.11. The summed E-state index contributed by atoms with van der Waals surface area (Å²) in [7, 11) is 2.01. The monoisotopic (exact) mass is 323 g/mol. The fourth-order valence-corrected chi connectivity index (χ4v) is 3.07. The van der Waals surface area contributed by atoms with E-state index in [1.54, 1.807) is 0 Å². The molecule has 0 saturated carbocycles. The summed E-state index contributed by atoms with van der Waals surface area (Å²) in [6, 6.07) is 7.97. The topological polar surface area (TPSA) is 86.3 Å². The Morgan fingerprint density at radius 1 is 1.29 bits per heavy atom. The van der Waals surface area contributed by atoms with Gasteiger partial charge >= 0.3 is 0 Å². The van der Waals surface area contributed by atoms with Gasteiger partial charge < -0.3 is 15.0 Å². The molecule has 0 aliphatic carbocycles. The van der Waals surface area contributed by atoms with Crippen LogP contribution in [0.1, 0.15) is 11.3 Å². The van der Waals surface area contributed by atoms with E-state index in [-0.39, 0.29) is 12.5 Å². The first-order valence-corrected chi connectivity index (χ1v) is 7.66. The zero-order chi connectivity index (χ0) is 16.7. The summed E-state index contributed by atoms with van der Waals surface area (Å²) < 4.78 is 8.05. The summed E-state index contributed by atoms with van der Waals surface area (Å²) in [6.07, 6.45) is 3.50. The van der Waals surface area contributed by atoms with Gasteiger partial charge in [0, 0.05) is 37.2 Å². The first kappa shape index (κ1) is 14.6. The molecule has 0 atom stereocenters.